The van der Waals surface area contributed by atoms with Gasteiger partial charge < -0.3 is 9.47 Å². The van der Waals surface area contributed by atoms with Gasteiger partial charge in [0.2, 0.25) is 0 Å². The summed E-state index contributed by atoms with van der Waals surface area (Å²) in [6.45, 7) is 10.4. The maximum Gasteiger partial charge on any atom is 0.119 e. The maximum absolute atomic E-state index is 5.76. The summed E-state index contributed by atoms with van der Waals surface area (Å²) in [4.78, 5) is 0. The van der Waals surface area contributed by atoms with E-state index in [0.717, 1.165) is 37.6 Å². The van der Waals surface area contributed by atoms with Crippen molar-refractivity contribution in [3.63, 3.8) is 0 Å². The molecule has 0 N–H and O–H groups in total. The van der Waals surface area contributed by atoms with Crippen LogP contribution in [-0.4, -0.2) is 13.2 Å². The third kappa shape index (κ3) is 7.77. The summed E-state index contributed by atoms with van der Waals surface area (Å²) in [5.74, 6) is 3.21. The van der Waals surface area contributed by atoms with Crippen molar-refractivity contribution in [3.8, 4) is 11.5 Å². The van der Waals surface area contributed by atoms with Gasteiger partial charge in [-0.25, -0.2) is 0 Å². The van der Waals surface area contributed by atoms with E-state index in [1.807, 2.05) is 24.3 Å². The van der Waals surface area contributed by atoms with Gasteiger partial charge in [0.25, 0.3) is 0 Å². The number of ether oxygens (including phenoxy) is 2. The molecule has 0 aliphatic heterocycles. The van der Waals surface area contributed by atoms with Crippen molar-refractivity contribution in [2.45, 2.75) is 40.5 Å². The Labute approximate surface area is 158 Å². The summed E-state index contributed by atoms with van der Waals surface area (Å²) in [5.41, 5.74) is 2.33. The fourth-order valence-corrected chi connectivity index (χ4v) is 2.37. The maximum atomic E-state index is 5.76. The van der Waals surface area contributed by atoms with Crippen LogP contribution in [-0.2, 0) is 0 Å². The molecular weight excluding hydrogens is 320 g/mol. The molecule has 0 fully saturated rings. The molecule has 26 heavy (non-hydrogen) atoms. The van der Waals surface area contributed by atoms with Crippen molar-refractivity contribution in [1.29, 1.82) is 0 Å². The van der Waals surface area contributed by atoms with Gasteiger partial charge >= 0.3 is 0 Å². The fourth-order valence-electron chi connectivity index (χ4n) is 2.37. The van der Waals surface area contributed by atoms with Gasteiger partial charge in [-0.3, -0.25) is 0 Å². The van der Waals surface area contributed by atoms with Crippen molar-refractivity contribution >= 4 is 12.2 Å². The molecule has 2 rings (SSSR count). The van der Waals surface area contributed by atoms with Crippen LogP contribution in [0, 0.1) is 11.8 Å². The van der Waals surface area contributed by atoms with Gasteiger partial charge in [0.15, 0.2) is 0 Å². The Hall–Kier alpha value is -2.22. The zero-order valence-electron chi connectivity index (χ0n) is 16.6. The Kier molecular flexibility index (Phi) is 8.27. The van der Waals surface area contributed by atoms with E-state index in [1.54, 1.807) is 0 Å². The third-order valence-electron chi connectivity index (χ3n) is 4.16. The van der Waals surface area contributed by atoms with E-state index in [4.69, 9.17) is 9.47 Å². The molecule has 0 aliphatic rings. The second kappa shape index (κ2) is 10.7. The standard InChI is InChI=1S/C24H32O2/c1-19(2)15-17-25-23-11-7-21(8-12-23)5-6-22-9-13-24(14-10-22)26-18-16-20(3)4/h5-14,19-20H,15-18H2,1-4H3. The molecule has 2 heteroatoms. The van der Waals surface area contributed by atoms with Crippen molar-refractivity contribution in [1.82, 2.24) is 0 Å². The van der Waals surface area contributed by atoms with E-state index in [2.05, 4.69) is 64.1 Å². The van der Waals surface area contributed by atoms with E-state index in [9.17, 15) is 0 Å². The first-order chi connectivity index (χ1) is 12.5. The monoisotopic (exact) mass is 352 g/mol. The molecule has 2 nitrogen and oxygen atoms in total. The van der Waals surface area contributed by atoms with E-state index >= 15 is 0 Å². The van der Waals surface area contributed by atoms with E-state index < -0.39 is 0 Å². The van der Waals surface area contributed by atoms with Crippen molar-refractivity contribution in [2.24, 2.45) is 11.8 Å². The minimum Gasteiger partial charge on any atom is -0.494 e. The highest BCUT2D eigenvalue weighted by Crippen LogP contribution is 2.17. The zero-order valence-corrected chi connectivity index (χ0v) is 16.6. The van der Waals surface area contributed by atoms with Gasteiger partial charge in [-0.15, -0.1) is 0 Å². The first kappa shape index (κ1) is 20.1. The van der Waals surface area contributed by atoms with Gasteiger partial charge in [-0.2, -0.15) is 0 Å². The van der Waals surface area contributed by atoms with Crippen LogP contribution in [0.4, 0.5) is 0 Å². The van der Waals surface area contributed by atoms with Crippen LogP contribution < -0.4 is 9.47 Å². The smallest absolute Gasteiger partial charge is 0.119 e. The molecule has 0 amide bonds. The quantitative estimate of drug-likeness (QED) is 0.443. The molecule has 0 spiro atoms. The zero-order chi connectivity index (χ0) is 18.8. The first-order valence-corrected chi connectivity index (χ1v) is 9.66. The Morgan fingerprint density at radius 3 is 1.27 bits per heavy atom. The molecule has 0 atom stereocenters. The average molecular weight is 353 g/mol. The van der Waals surface area contributed by atoms with Gasteiger partial charge in [-0.05, 0) is 60.1 Å². The van der Waals surface area contributed by atoms with Crippen molar-refractivity contribution < 1.29 is 9.47 Å². The molecule has 0 unspecified atom stereocenters. The average Bonchev–Trinajstić information content (AvgIpc) is 2.61. The number of benzene rings is 2. The molecule has 0 radical (unpaired) electrons. The van der Waals surface area contributed by atoms with Gasteiger partial charge in [-0.1, -0.05) is 64.1 Å². The first-order valence-electron chi connectivity index (χ1n) is 9.66. The molecule has 0 bridgehead atoms. The highest BCUT2D eigenvalue weighted by molar-refractivity contribution is 5.70. The molecule has 0 saturated carbocycles. The molecule has 0 aliphatic carbocycles. The lowest BCUT2D eigenvalue weighted by Gasteiger charge is -2.08. The Balaban J connectivity index is 1.83. The van der Waals surface area contributed by atoms with Gasteiger partial charge in [0.05, 0.1) is 13.2 Å². The van der Waals surface area contributed by atoms with Crippen LogP contribution in [0.2, 0.25) is 0 Å². The number of rotatable bonds is 10. The number of hydrogen-bond acceptors (Lipinski definition) is 2. The summed E-state index contributed by atoms with van der Waals surface area (Å²) in [5, 5.41) is 0. The predicted molar refractivity (Wildman–Crippen MR) is 112 cm³/mol. The van der Waals surface area contributed by atoms with Crippen LogP contribution in [0.25, 0.3) is 12.2 Å². The van der Waals surface area contributed by atoms with Gasteiger partial charge in [0, 0.05) is 0 Å². The minimum atomic E-state index is 0.671. The van der Waals surface area contributed by atoms with E-state index in [0.29, 0.717) is 11.8 Å². The molecule has 140 valence electrons. The topological polar surface area (TPSA) is 18.5 Å². The molecule has 0 aromatic heterocycles. The highest BCUT2D eigenvalue weighted by Gasteiger charge is 1.98. The Morgan fingerprint density at radius 1 is 0.615 bits per heavy atom. The molecule has 2 aromatic rings. The SMILES string of the molecule is CC(C)CCOc1ccc(C=Cc2ccc(OCCC(C)C)cc2)cc1. The van der Waals surface area contributed by atoms with Crippen LogP contribution >= 0.6 is 0 Å². The second-order valence-electron chi connectivity index (χ2n) is 7.53. The molecule has 0 saturated heterocycles. The lowest BCUT2D eigenvalue weighted by molar-refractivity contribution is 0.289. The van der Waals surface area contributed by atoms with Crippen molar-refractivity contribution in [3.05, 3.63) is 59.7 Å². The Morgan fingerprint density at radius 2 is 0.962 bits per heavy atom. The summed E-state index contributed by atoms with van der Waals surface area (Å²) >= 11 is 0. The lowest BCUT2D eigenvalue weighted by Crippen LogP contribution is -2.01. The summed E-state index contributed by atoms with van der Waals surface area (Å²) in [7, 11) is 0. The second-order valence-corrected chi connectivity index (χ2v) is 7.53. The van der Waals surface area contributed by atoms with Crippen LogP contribution in [0.15, 0.2) is 48.5 Å². The van der Waals surface area contributed by atoms with Crippen LogP contribution in [0.5, 0.6) is 11.5 Å². The minimum absolute atomic E-state index is 0.671. The fraction of sp³-hybridized carbons (Fsp3) is 0.417. The highest BCUT2D eigenvalue weighted by atomic mass is 16.5. The van der Waals surface area contributed by atoms with E-state index in [1.165, 1.54) is 11.1 Å². The van der Waals surface area contributed by atoms with Gasteiger partial charge in [0.1, 0.15) is 11.5 Å². The molecule has 2 aromatic carbocycles. The van der Waals surface area contributed by atoms with Crippen molar-refractivity contribution in [2.75, 3.05) is 13.2 Å². The number of hydrogen-bond donors (Lipinski definition) is 0. The lowest BCUT2D eigenvalue weighted by atomic mass is 10.1. The largest absolute Gasteiger partial charge is 0.494 e. The molecule has 0 heterocycles. The summed E-state index contributed by atoms with van der Waals surface area (Å²) in [6, 6.07) is 16.5. The third-order valence-corrected chi connectivity index (χ3v) is 4.16. The van der Waals surface area contributed by atoms with E-state index in [-0.39, 0.29) is 0 Å². The normalized spacial score (nSPS) is 11.5. The predicted octanol–water partition coefficient (Wildman–Crippen LogP) is 6.71. The molecular formula is C24H32O2. The van der Waals surface area contributed by atoms with Crippen LogP contribution in [0.1, 0.15) is 51.7 Å². The Bertz CT molecular complexity index is 592. The summed E-state index contributed by atoms with van der Waals surface area (Å²) < 4.78 is 11.5. The van der Waals surface area contributed by atoms with Crippen LogP contribution in [0.3, 0.4) is 0 Å². The summed E-state index contributed by atoms with van der Waals surface area (Å²) in [6.07, 6.45) is 6.40.